The molecule has 20 heavy (non-hydrogen) atoms. The van der Waals surface area contributed by atoms with Gasteiger partial charge in [-0.25, -0.2) is 4.79 Å². The number of hydrogen-bond donors (Lipinski definition) is 0. The van der Waals surface area contributed by atoms with Crippen molar-refractivity contribution in [2.24, 2.45) is 0 Å². The van der Waals surface area contributed by atoms with E-state index in [1.807, 2.05) is 0 Å². The molecule has 0 aliphatic heterocycles. The molecule has 0 saturated heterocycles. The van der Waals surface area contributed by atoms with Gasteiger partial charge in [0, 0.05) is 12.4 Å². The number of para-hydroxylation sites is 1. The molecule has 0 aliphatic rings. The first-order valence-corrected chi connectivity index (χ1v) is 5.95. The predicted molar refractivity (Wildman–Crippen MR) is 71.8 cm³/mol. The minimum atomic E-state index is -0.582. The molecule has 0 bridgehead atoms. The molecule has 0 atom stereocenters. The zero-order valence-electron chi connectivity index (χ0n) is 10.9. The number of pyridine rings is 1. The minimum Gasteiger partial charge on any atom is -0.496 e. The molecular formula is C15H13NO4. The SMILES string of the molecule is COc1ccccc1C(=O)COC(=O)c1cccnc1. The number of carbonyl (C=O) groups is 2. The lowest BCUT2D eigenvalue weighted by Crippen LogP contribution is -2.15. The highest BCUT2D eigenvalue weighted by Gasteiger charge is 2.14. The Morgan fingerprint density at radius 3 is 2.65 bits per heavy atom. The van der Waals surface area contributed by atoms with Gasteiger partial charge in [-0.1, -0.05) is 12.1 Å². The van der Waals surface area contributed by atoms with Crippen molar-refractivity contribution in [1.82, 2.24) is 4.98 Å². The standard InChI is InChI=1S/C15H13NO4/c1-19-14-7-3-2-6-12(14)13(17)10-20-15(18)11-5-4-8-16-9-11/h2-9H,10H2,1H3. The Kier molecular flexibility index (Phi) is 4.44. The molecule has 5 heteroatoms. The van der Waals surface area contributed by atoms with Crippen molar-refractivity contribution in [3.8, 4) is 5.75 Å². The van der Waals surface area contributed by atoms with Crippen molar-refractivity contribution in [3.05, 3.63) is 59.9 Å². The molecule has 0 amide bonds. The number of nitrogens with zero attached hydrogens (tertiary/aromatic N) is 1. The van der Waals surface area contributed by atoms with Crippen molar-refractivity contribution in [1.29, 1.82) is 0 Å². The van der Waals surface area contributed by atoms with E-state index in [-0.39, 0.29) is 12.4 Å². The van der Waals surface area contributed by atoms with E-state index in [4.69, 9.17) is 9.47 Å². The van der Waals surface area contributed by atoms with Crippen molar-refractivity contribution < 1.29 is 19.1 Å². The summed E-state index contributed by atoms with van der Waals surface area (Å²) in [5, 5.41) is 0. The van der Waals surface area contributed by atoms with Crippen molar-refractivity contribution in [2.75, 3.05) is 13.7 Å². The van der Waals surface area contributed by atoms with Gasteiger partial charge in [0.25, 0.3) is 0 Å². The Morgan fingerprint density at radius 1 is 1.15 bits per heavy atom. The summed E-state index contributed by atoms with van der Waals surface area (Å²) in [5.41, 5.74) is 0.689. The molecule has 0 fully saturated rings. The van der Waals surface area contributed by atoms with Gasteiger partial charge in [-0.05, 0) is 24.3 Å². The topological polar surface area (TPSA) is 65.5 Å². The number of esters is 1. The minimum absolute atomic E-state index is 0.306. The van der Waals surface area contributed by atoms with Crippen LogP contribution in [0.25, 0.3) is 0 Å². The summed E-state index contributed by atoms with van der Waals surface area (Å²) in [6.45, 7) is -0.339. The van der Waals surface area contributed by atoms with Crippen LogP contribution in [-0.4, -0.2) is 30.5 Å². The first kappa shape index (κ1) is 13.7. The maximum Gasteiger partial charge on any atom is 0.340 e. The summed E-state index contributed by atoms with van der Waals surface area (Å²) in [6, 6.07) is 9.98. The molecule has 0 aliphatic carbocycles. The monoisotopic (exact) mass is 271 g/mol. The summed E-state index contributed by atoms with van der Waals surface area (Å²) in [4.78, 5) is 27.5. The van der Waals surface area contributed by atoms with E-state index in [9.17, 15) is 9.59 Å². The van der Waals surface area contributed by atoms with Crippen molar-refractivity contribution in [3.63, 3.8) is 0 Å². The molecule has 102 valence electrons. The van der Waals surface area contributed by atoms with Crippen LogP contribution in [0.2, 0.25) is 0 Å². The van der Waals surface area contributed by atoms with Gasteiger partial charge in [0.1, 0.15) is 5.75 Å². The number of benzene rings is 1. The second-order valence-electron chi connectivity index (χ2n) is 3.94. The Balaban J connectivity index is 2.01. The third-order valence-corrected chi connectivity index (χ3v) is 2.64. The van der Waals surface area contributed by atoms with Gasteiger partial charge in [0.05, 0.1) is 18.2 Å². The Bertz CT molecular complexity index is 610. The highest BCUT2D eigenvalue weighted by molar-refractivity contribution is 6.01. The molecule has 0 radical (unpaired) electrons. The van der Waals surface area contributed by atoms with E-state index in [0.717, 1.165) is 0 Å². The second-order valence-corrected chi connectivity index (χ2v) is 3.94. The zero-order chi connectivity index (χ0) is 14.4. The fourth-order valence-electron chi connectivity index (χ4n) is 1.65. The van der Waals surface area contributed by atoms with Gasteiger partial charge < -0.3 is 9.47 Å². The zero-order valence-corrected chi connectivity index (χ0v) is 10.9. The fraction of sp³-hybridized carbons (Fsp3) is 0.133. The number of ketones is 1. The largest absolute Gasteiger partial charge is 0.496 e. The number of Topliss-reactive ketones (excluding diaryl/α,β-unsaturated/α-hetero) is 1. The van der Waals surface area contributed by atoms with Crippen LogP contribution in [0.15, 0.2) is 48.8 Å². The van der Waals surface area contributed by atoms with Crippen LogP contribution in [0.1, 0.15) is 20.7 Å². The quantitative estimate of drug-likeness (QED) is 0.615. The molecule has 0 spiro atoms. The molecule has 1 aromatic heterocycles. The van der Waals surface area contributed by atoms with Crippen LogP contribution < -0.4 is 4.74 Å². The maximum absolute atomic E-state index is 12.0. The molecular weight excluding hydrogens is 258 g/mol. The Labute approximate surface area is 116 Å². The first-order chi connectivity index (χ1) is 9.72. The molecule has 5 nitrogen and oxygen atoms in total. The van der Waals surface area contributed by atoms with Gasteiger partial charge >= 0.3 is 5.97 Å². The Hall–Kier alpha value is -2.69. The highest BCUT2D eigenvalue weighted by atomic mass is 16.5. The number of rotatable bonds is 5. The molecule has 2 aromatic rings. The third-order valence-electron chi connectivity index (χ3n) is 2.64. The van der Waals surface area contributed by atoms with Crippen LogP contribution in [0.3, 0.4) is 0 Å². The van der Waals surface area contributed by atoms with Gasteiger partial charge in [0.15, 0.2) is 6.61 Å². The average molecular weight is 271 g/mol. The lowest BCUT2D eigenvalue weighted by Gasteiger charge is -2.07. The predicted octanol–water partition coefficient (Wildman–Crippen LogP) is 2.13. The lowest BCUT2D eigenvalue weighted by molar-refractivity contribution is 0.0473. The van der Waals surface area contributed by atoms with E-state index in [1.165, 1.54) is 13.3 Å². The summed E-state index contributed by atoms with van der Waals surface area (Å²) < 4.78 is 10.0. The van der Waals surface area contributed by atoms with Gasteiger partial charge in [-0.3, -0.25) is 9.78 Å². The first-order valence-electron chi connectivity index (χ1n) is 5.95. The third kappa shape index (κ3) is 3.20. The molecule has 1 heterocycles. The van der Waals surface area contributed by atoms with Crippen molar-refractivity contribution >= 4 is 11.8 Å². The number of hydrogen-bond acceptors (Lipinski definition) is 5. The van der Waals surface area contributed by atoms with Gasteiger partial charge in [0.2, 0.25) is 5.78 Å². The molecule has 0 saturated carbocycles. The molecule has 2 rings (SSSR count). The van der Waals surface area contributed by atoms with Gasteiger partial charge in [-0.15, -0.1) is 0 Å². The summed E-state index contributed by atoms with van der Waals surface area (Å²) in [6.07, 6.45) is 2.94. The number of methoxy groups -OCH3 is 1. The second kappa shape index (κ2) is 6.47. The van der Waals surface area contributed by atoms with Crippen LogP contribution in [-0.2, 0) is 4.74 Å². The number of carbonyl (C=O) groups excluding carboxylic acids is 2. The van der Waals surface area contributed by atoms with Gasteiger partial charge in [-0.2, -0.15) is 0 Å². The lowest BCUT2D eigenvalue weighted by atomic mass is 10.1. The van der Waals surface area contributed by atoms with E-state index in [1.54, 1.807) is 42.6 Å². The average Bonchev–Trinajstić information content (AvgIpc) is 2.53. The Morgan fingerprint density at radius 2 is 1.95 bits per heavy atom. The van der Waals surface area contributed by atoms with E-state index >= 15 is 0 Å². The maximum atomic E-state index is 12.0. The van der Waals surface area contributed by atoms with Crippen LogP contribution in [0.4, 0.5) is 0 Å². The summed E-state index contributed by atoms with van der Waals surface area (Å²) in [7, 11) is 1.48. The van der Waals surface area contributed by atoms with Crippen LogP contribution in [0.5, 0.6) is 5.75 Å². The molecule has 0 N–H and O–H groups in total. The van der Waals surface area contributed by atoms with Crippen molar-refractivity contribution in [2.45, 2.75) is 0 Å². The van der Waals surface area contributed by atoms with Crippen LogP contribution >= 0.6 is 0 Å². The van der Waals surface area contributed by atoms with E-state index < -0.39 is 5.97 Å². The van der Waals surface area contributed by atoms with Crippen LogP contribution in [0, 0.1) is 0 Å². The van der Waals surface area contributed by atoms with E-state index in [0.29, 0.717) is 16.9 Å². The molecule has 1 aromatic carbocycles. The molecule has 0 unspecified atom stereocenters. The number of aromatic nitrogens is 1. The number of ether oxygens (including phenoxy) is 2. The smallest absolute Gasteiger partial charge is 0.340 e. The fourth-order valence-corrected chi connectivity index (χ4v) is 1.65. The van der Waals surface area contributed by atoms with E-state index in [2.05, 4.69) is 4.98 Å². The summed E-state index contributed by atoms with van der Waals surface area (Å²) >= 11 is 0. The normalized spacial score (nSPS) is 9.85. The highest BCUT2D eigenvalue weighted by Crippen LogP contribution is 2.17. The summed E-state index contributed by atoms with van der Waals surface area (Å²) in [5.74, 6) is -0.448.